The summed E-state index contributed by atoms with van der Waals surface area (Å²) in [6.07, 6.45) is 7.17. The van der Waals surface area contributed by atoms with Crippen LogP contribution in [0.2, 0.25) is 0 Å². The van der Waals surface area contributed by atoms with Crippen molar-refractivity contribution in [3.63, 3.8) is 0 Å². The minimum absolute atomic E-state index is 0.170. The normalized spacial score (nSPS) is 23.4. The first kappa shape index (κ1) is 14.8. The van der Waals surface area contributed by atoms with Crippen LogP contribution in [0.5, 0.6) is 0 Å². The molecule has 4 nitrogen and oxygen atoms in total. The maximum atomic E-state index is 11.5. The lowest BCUT2D eigenvalue weighted by atomic mass is 9.89. The summed E-state index contributed by atoms with van der Waals surface area (Å²) in [5, 5.41) is 2.88. The number of rotatable bonds is 5. The first-order chi connectivity index (χ1) is 9.28. The van der Waals surface area contributed by atoms with Gasteiger partial charge in [0.2, 0.25) is 5.91 Å². The molecule has 1 amide bonds. The van der Waals surface area contributed by atoms with Crippen molar-refractivity contribution in [2.75, 3.05) is 45.8 Å². The standard InChI is InChI=1S/C15H29N3O/c1-2-16-15(19)13-18-10-8-17(9-11-18)12-14-6-4-3-5-7-14/h14H,2-13H2,1H3,(H,16,19). The topological polar surface area (TPSA) is 35.6 Å². The number of hydrogen-bond donors (Lipinski definition) is 1. The molecule has 19 heavy (non-hydrogen) atoms. The van der Waals surface area contributed by atoms with Crippen LogP contribution < -0.4 is 5.32 Å². The van der Waals surface area contributed by atoms with Crippen LogP contribution in [0, 0.1) is 5.92 Å². The van der Waals surface area contributed by atoms with Crippen molar-refractivity contribution in [1.82, 2.24) is 15.1 Å². The van der Waals surface area contributed by atoms with Gasteiger partial charge in [0.05, 0.1) is 6.54 Å². The smallest absolute Gasteiger partial charge is 0.234 e. The number of carbonyl (C=O) groups is 1. The highest BCUT2D eigenvalue weighted by Gasteiger charge is 2.22. The molecule has 4 heteroatoms. The highest BCUT2D eigenvalue weighted by Crippen LogP contribution is 2.24. The van der Waals surface area contributed by atoms with Crippen molar-refractivity contribution in [3.8, 4) is 0 Å². The molecule has 0 atom stereocenters. The molecule has 2 fully saturated rings. The predicted octanol–water partition coefficient (Wildman–Crippen LogP) is 1.32. The second-order valence-corrected chi connectivity index (χ2v) is 6.03. The van der Waals surface area contributed by atoms with E-state index in [4.69, 9.17) is 0 Å². The molecule has 1 saturated heterocycles. The third kappa shape index (κ3) is 5.11. The molecule has 0 unspecified atom stereocenters. The summed E-state index contributed by atoms with van der Waals surface area (Å²) in [5.74, 6) is 1.10. The zero-order valence-electron chi connectivity index (χ0n) is 12.4. The molecule has 0 aromatic rings. The molecule has 2 aliphatic rings. The third-order valence-corrected chi connectivity index (χ3v) is 4.45. The van der Waals surface area contributed by atoms with Crippen molar-refractivity contribution < 1.29 is 4.79 Å². The van der Waals surface area contributed by atoms with E-state index in [1.54, 1.807) is 0 Å². The van der Waals surface area contributed by atoms with Crippen LogP contribution in [0.1, 0.15) is 39.0 Å². The third-order valence-electron chi connectivity index (χ3n) is 4.45. The van der Waals surface area contributed by atoms with Crippen molar-refractivity contribution in [2.24, 2.45) is 5.92 Å². The Kier molecular flexibility index (Phi) is 6.11. The lowest BCUT2D eigenvalue weighted by Crippen LogP contribution is -2.50. The molecule has 0 radical (unpaired) electrons. The van der Waals surface area contributed by atoms with Gasteiger partial charge >= 0.3 is 0 Å². The summed E-state index contributed by atoms with van der Waals surface area (Å²) in [6, 6.07) is 0. The van der Waals surface area contributed by atoms with Crippen molar-refractivity contribution in [3.05, 3.63) is 0 Å². The minimum atomic E-state index is 0.170. The number of amides is 1. The first-order valence-corrected chi connectivity index (χ1v) is 7.99. The Bertz CT molecular complexity index is 269. The van der Waals surface area contributed by atoms with E-state index >= 15 is 0 Å². The Hall–Kier alpha value is -0.610. The van der Waals surface area contributed by atoms with E-state index < -0.39 is 0 Å². The monoisotopic (exact) mass is 267 g/mol. The Morgan fingerprint density at radius 3 is 2.32 bits per heavy atom. The summed E-state index contributed by atoms with van der Waals surface area (Å²) in [7, 11) is 0. The molecule has 2 rings (SSSR count). The van der Waals surface area contributed by atoms with Gasteiger partial charge in [-0.1, -0.05) is 19.3 Å². The largest absolute Gasteiger partial charge is 0.355 e. The fourth-order valence-electron chi connectivity index (χ4n) is 3.32. The average molecular weight is 267 g/mol. The maximum Gasteiger partial charge on any atom is 0.234 e. The molecular weight excluding hydrogens is 238 g/mol. The van der Waals surface area contributed by atoms with Crippen molar-refractivity contribution >= 4 is 5.91 Å². The molecule has 1 aliphatic carbocycles. The number of piperazine rings is 1. The number of carbonyl (C=O) groups excluding carboxylic acids is 1. The van der Waals surface area contributed by atoms with Gasteiger partial charge < -0.3 is 10.2 Å². The molecule has 1 heterocycles. The molecule has 0 aromatic heterocycles. The van der Waals surface area contributed by atoms with Crippen molar-refractivity contribution in [1.29, 1.82) is 0 Å². The number of hydrogen-bond acceptors (Lipinski definition) is 3. The fourth-order valence-corrected chi connectivity index (χ4v) is 3.32. The average Bonchev–Trinajstić information content (AvgIpc) is 2.42. The molecule has 1 aliphatic heterocycles. The summed E-state index contributed by atoms with van der Waals surface area (Å²) in [5.41, 5.74) is 0. The van der Waals surface area contributed by atoms with Gasteiger partial charge in [-0.15, -0.1) is 0 Å². The first-order valence-electron chi connectivity index (χ1n) is 7.99. The second kappa shape index (κ2) is 7.85. The lowest BCUT2D eigenvalue weighted by Gasteiger charge is -2.36. The van der Waals surface area contributed by atoms with E-state index in [2.05, 4.69) is 15.1 Å². The van der Waals surface area contributed by atoms with Gasteiger partial charge in [0.15, 0.2) is 0 Å². The SMILES string of the molecule is CCNC(=O)CN1CCN(CC2CCCCC2)CC1. The number of likely N-dealkylation sites (N-methyl/N-ethyl adjacent to an activating group) is 1. The van der Waals surface area contributed by atoms with Crippen LogP contribution in [0.25, 0.3) is 0 Å². The van der Waals surface area contributed by atoms with Crippen molar-refractivity contribution in [2.45, 2.75) is 39.0 Å². The lowest BCUT2D eigenvalue weighted by molar-refractivity contribution is -0.122. The molecule has 0 aromatic carbocycles. The van der Waals surface area contributed by atoms with E-state index in [9.17, 15) is 4.79 Å². The Labute approximate surface area is 117 Å². The Morgan fingerprint density at radius 2 is 1.68 bits per heavy atom. The molecule has 1 saturated carbocycles. The zero-order valence-corrected chi connectivity index (χ0v) is 12.4. The van der Waals surface area contributed by atoms with E-state index in [0.717, 1.165) is 38.6 Å². The van der Waals surface area contributed by atoms with E-state index in [0.29, 0.717) is 6.54 Å². The quantitative estimate of drug-likeness (QED) is 0.816. The zero-order chi connectivity index (χ0) is 13.5. The van der Waals surface area contributed by atoms with Crippen LogP contribution >= 0.6 is 0 Å². The molecule has 0 spiro atoms. The summed E-state index contributed by atoms with van der Waals surface area (Å²) >= 11 is 0. The minimum Gasteiger partial charge on any atom is -0.355 e. The number of nitrogens with one attached hydrogen (secondary N) is 1. The van der Waals surface area contributed by atoms with Crippen LogP contribution in [0.4, 0.5) is 0 Å². The summed E-state index contributed by atoms with van der Waals surface area (Å²) < 4.78 is 0. The highest BCUT2D eigenvalue weighted by molar-refractivity contribution is 5.77. The van der Waals surface area contributed by atoms with E-state index in [1.807, 2.05) is 6.92 Å². The molecule has 0 bridgehead atoms. The van der Waals surface area contributed by atoms with Gasteiger partial charge in [-0.25, -0.2) is 0 Å². The van der Waals surface area contributed by atoms with Gasteiger partial charge in [-0.3, -0.25) is 9.69 Å². The van der Waals surface area contributed by atoms with Crippen LogP contribution in [-0.2, 0) is 4.79 Å². The fraction of sp³-hybridized carbons (Fsp3) is 0.933. The maximum absolute atomic E-state index is 11.5. The van der Waals surface area contributed by atoms with Gasteiger partial charge in [-0.05, 0) is 25.7 Å². The Balaban J connectivity index is 1.63. The van der Waals surface area contributed by atoms with Gasteiger partial charge in [-0.2, -0.15) is 0 Å². The number of nitrogens with zero attached hydrogens (tertiary/aromatic N) is 2. The summed E-state index contributed by atoms with van der Waals surface area (Å²) in [6.45, 7) is 8.93. The van der Waals surface area contributed by atoms with Gasteiger partial charge in [0.25, 0.3) is 0 Å². The van der Waals surface area contributed by atoms with Crippen LogP contribution in [0.15, 0.2) is 0 Å². The van der Waals surface area contributed by atoms with E-state index in [-0.39, 0.29) is 5.91 Å². The predicted molar refractivity (Wildman–Crippen MR) is 78.1 cm³/mol. The van der Waals surface area contributed by atoms with Crippen LogP contribution in [0.3, 0.4) is 0 Å². The summed E-state index contributed by atoms with van der Waals surface area (Å²) in [4.78, 5) is 16.4. The molecule has 1 N–H and O–H groups in total. The molecule has 110 valence electrons. The van der Waals surface area contributed by atoms with Crippen LogP contribution in [-0.4, -0.2) is 61.5 Å². The Morgan fingerprint density at radius 1 is 1.05 bits per heavy atom. The molecular formula is C15H29N3O. The highest BCUT2D eigenvalue weighted by atomic mass is 16.2. The van der Waals surface area contributed by atoms with E-state index in [1.165, 1.54) is 38.6 Å². The van der Waals surface area contributed by atoms with Gasteiger partial charge in [0, 0.05) is 39.3 Å². The van der Waals surface area contributed by atoms with Gasteiger partial charge in [0.1, 0.15) is 0 Å². The second-order valence-electron chi connectivity index (χ2n) is 6.03.